The predicted octanol–water partition coefficient (Wildman–Crippen LogP) is 2.59. The van der Waals surface area contributed by atoms with Crippen LogP contribution in [-0.2, 0) is 16.0 Å². The zero-order chi connectivity index (χ0) is 17.0. The van der Waals surface area contributed by atoms with E-state index in [-0.39, 0.29) is 5.91 Å². The van der Waals surface area contributed by atoms with Crippen molar-refractivity contribution in [3.63, 3.8) is 0 Å². The van der Waals surface area contributed by atoms with Gasteiger partial charge in [0, 0.05) is 18.5 Å². The summed E-state index contributed by atoms with van der Waals surface area (Å²) in [6.07, 6.45) is 1.95. The first-order valence-electron chi connectivity index (χ1n) is 7.99. The number of carbonyl (C=O) groups excluding carboxylic acids is 1. The number of benzene rings is 1. The van der Waals surface area contributed by atoms with Crippen LogP contribution in [0.1, 0.15) is 32.3 Å². The van der Waals surface area contributed by atoms with Crippen LogP contribution in [0.2, 0.25) is 0 Å². The number of amides is 1. The zero-order valence-corrected chi connectivity index (χ0v) is 14.0. The van der Waals surface area contributed by atoms with Crippen LogP contribution in [0.3, 0.4) is 0 Å². The summed E-state index contributed by atoms with van der Waals surface area (Å²) in [4.78, 5) is 25.8. The number of hydrogen-bond acceptors (Lipinski definition) is 3. The molecular formula is C18H25NO4. The number of methoxy groups -OCH3 is 1. The Morgan fingerprint density at radius 2 is 2.04 bits per heavy atom. The average molecular weight is 319 g/mol. The minimum Gasteiger partial charge on any atom is -0.496 e. The summed E-state index contributed by atoms with van der Waals surface area (Å²) in [5.41, 5.74) is 0.384. The second-order valence-corrected chi connectivity index (χ2v) is 6.80. The van der Waals surface area contributed by atoms with Crippen molar-refractivity contribution in [3.05, 3.63) is 29.8 Å². The summed E-state index contributed by atoms with van der Waals surface area (Å²) in [5, 5.41) is 9.19. The van der Waals surface area contributed by atoms with Crippen LogP contribution in [0.4, 0.5) is 0 Å². The molecule has 5 nitrogen and oxygen atoms in total. The van der Waals surface area contributed by atoms with E-state index < -0.39 is 17.3 Å². The van der Waals surface area contributed by atoms with Crippen LogP contribution in [0, 0.1) is 11.3 Å². The number of ether oxygens (including phenoxy) is 1. The first kappa shape index (κ1) is 17.3. The summed E-state index contributed by atoms with van der Waals surface area (Å²) in [7, 11) is 1.62. The molecule has 1 aromatic carbocycles. The fraction of sp³-hybridized carbons (Fsp3) is 0.556. The Labute approximate surface area is 137 Å². The minimum atomic E-state index is -0.815. The van der Waals surface area contributed by atoms with Crippen LogP contribution in [0.25, 0.3) is 0 Å². The molecule has 1 aliphatic heterocycles. The largest absolute Gasteiger partial charge is 0.496 e. The molecule has 23 heavy (non-hydrogen) atoms. The summed E-state index contributed by atoms with van der Waals surface area (Å²) in [6, 6.07) is 7.68. The van der Waals surface area contributed by atoms with Gasteiger partial charge in [-0.05, 0) is 30.9 Å². The molecule has 0 bridgehead atoms. The van der Waals surface area contributed by atoms with Gasteiger partial charge >= 0.3 is 5.97 Å². The Hall–Kier alpha value is -2.04. The highest BCUT2D eigenvalue weighted by molar-refractivity contribution is 5.83. The van der Waals surface area contributed by atoms with E-state index in [9.17, 15) is 14.7 Å². The number of aliphatic carboxylic acids is 1. The van der Waals surface area contributed by atoms with Crippen molar-refractivity contribution in [3.8, 4) is 5.75 Å². The molecule has 0 spiro atoms. The third-order valence-corrected chi connectivity index (χ3v) is 4.46. The molecule has 1 saturated heterocycles. The molecule has 0 saturated carbocycles. The van der Waals surface area contributed by atoms with Crippen molar-refractivity contribution < 1.29 is 19.4 Å². The van der Waals surface area contributed by atoms with Gasteiger partial charge in [0.15, 0.2) is 0 Å². The smallest absolute Gasteiger partial charge is 0.308 e. The van der Waals surface area contributed by atoms with E-state index >= 15 is 0 Å². The fourth-order valence-corrected chi connectivity index (χ4v) is 3.19. The lowest BCUT2D eigenvalue weighted by atomic mass is 9.83. The summed E-state index contributed by atoms with van der Waals surface area (Å²) in [5.74, 6) is -0.482. The molecule has 1 amide bonds. The number of hydrogen-bond donors (Lipinski definition) is 1. The Balaban J connectivity index is 2.12. The average Bonchev–Trinajstić information content (AvgIpc) is 2.54. The minimum absolute atomic E-state index is 0.00866. The number of likely N-dealkylation sites (tertiary alicyclic amines) is 1. The number of carboxylic acids is 1. The van der Waals surface area contributed by atoms with E-state index in [4.69, 9.17) is 4.74 Å². The molecule has 5 heteroatoms. The van der Waals surface area contributed by atoms with Gasteiger partial charge in [-0.25, -0.2) is 0 Å². The van der Waals surface area contributed by atoms with Gasteiger partial charge in [0.05, 0.1) is 13.0 Å². The maximum absolute atomic E-state index is 12.9. The second-order valence-electron chi connectivity index (χ2n) is 6.80. The van der Waals surface area contributed by atoms with Crippen molar-refractivity contribution in [2.24, 2.45) is 11.3 Å². The van der Waals surface area contributed by atoms with Crippen molar-refractivity contribution in [1.82, 2.24) is 4.90 Å². The molecule has 0 radical (unpaired) electrons. The van der Waals surface area contributed by atoms with Crippen LogP contribution in [-0.4, -0.2) is 42.1 Å². The first-order valence-corrected chi connectivity index (χ1v) is 7.99. The van der Waals surface area contributed by atoms with Crippen molar-refractivity contribution >= 4 is 11.9 Å². The highest BCUT2D eigenvalue weighted by Crippen LogP contribution is 2.31. The van der Waals surface area contributed by atoms with E-state index in [1.165, 1.54) is 0 Å². The van der Waals surface area contributed by atoms with Crippen LogP contribution < -0.4 is 4.74 Å². The lowest BCUT2D eigenvalue weighted by molar-refractivity contribution is -0.148. The van der Waals surface area contributed by atoms with Gasteiger partial charge in [-0.3, -0.25) is 9.59 Å². The Kier molecular flexibility index (Phi) is 5.29. The summed E-state index contributed by atoms with van der Waals surface area (Å²) >= 11 is 0. The predicted molar refractivity (Wildman–Crippen MR) is 87.4 cm³/mol. The molecule has 0 aromatic heterocycles. The van der Waals surface area contributed by atoms with Gasteiger partial charge < -0.3 is 14.7 Å². The zero-order valence-electron chi connectivity index (χ0n) is 14.0. The molecule has 1 aromatic rings. The van der Waals surface area contributed by atoms with Crippen molar-refractivity contribution in [2.45, 2.75) is 33.1 Å². The molecule has 126 valence electrons. The number of rotatable bonds is 5. The highest BCUT2D eigenvalue weighted by Gasteiger charge is 2.36. The molecule has 0 aliphatic carbocycles. The molecule has 0 unspecified atom stereocenters. The Bertz CT molecular complexity index is 582. The Morgan fingerprint density at radius 1 is 1.35 bits per heavy atom. The van der Waals surface area contributed by atoms with E-state index in [2.05, 4.69) is 0 Å². The fourth-order valence-electron chi connectivity index (χ4n) is 3.19. The van der Waals surface area contributed by atoms with Gasteiger partial charge in [0.25, 0.3) is 0 Å². The van der Waals surface area contributed by atoms with Crippen LogP contribution >= 0.6 is 0 Å². The maximum Gasteiger partial charge on any atom is 0.308 e. The molecule has 1 aliphatic rings. The van der Waals surface area contributed by atoms with Crippen LogP contribution in [0.15, 0.2) is 24.3 Å². The van der Waals surface area contributed by atoms with E-state index in [0.29, 0.717) is 25.9 Å². The molecule has 1 N–H and O–H groups in total. The lowest BCUT2D eigenvalue weighted by Gasteiger charge is -2.36. The molecule has 1 heterocycles. The monoisotopic (exact) mass is 319 g/mol. The van der Waals surface area contributed by atoms with E-state index in [1.54, 1.807) is 12.0 Å². The number of piperidine rings is 1. The van der Waals surface area contributed by atoms with Crippen LogP contribution in [0.5, 0.6) is 5.75 Å². The maximum atomic E-state index is 12.9. The van der Waals surface area contributed by atoms with Gasteiger partial charge in [-0.15, -0.1) is 0 Å². The molecule has 2 rings (SSSR count). The summed E-state index contributed by atoms with van der Waals surface area (Å²) < 4.78 is 5.36. The normalized spacial score (nSPS) is 18.6. The second kappa shape index (κ2) is 7.02. The van der Waals surface area contributed by atoms with Crippen molar-refractivity contribution in [1.29, 1.82) is 0 Å². The number of carbonyl (C=O) groups is 2. The number of nitrogens with zero attached hydrogens (tertiary/aromatic N) is 1. The molecular weight excluding hydrogens is 294 g/mol. The SMILES string of the molecule is COc1ccccc1CC(C)(C)C(=O)N1CCC[C@@H](C(=O)O)C1. The third kappa shape index (κ3) is 4.03. The summed E-state index contributed by atoms with van der Waals surface area (Å²) in [6.45, 7) is 4.76. The quantitative estimate of drug-likeness (QED) is 0.906. The number of para-hydroxylation sites is 1. The lowest BCUT2D eigenvalue weighted by Crippen LogP contribution is -2.48. The molecule has 1 atom stereocenters. The van der Waals surface area contributed by atoms with Gasteiger partial charge in [0.2, 0.25) is 5.91 Å². The topological polar surface area (TPSA) is 66.8 Å². The van der Waals surface area contributed by atoms with Crippen molar-refractivity contribution in [2.75, 3.05) is 20.2 Å². The number of carboxylic acid groups (broad SMARTS) is 1. The third-order valence-electron chi connectivity index (χ3n) is 4.46. The molecule has 1 fully saturated rings. The van der Waals surface area contributed by atoms with Gasteiger partial charge in [-0.2, -0.15) is 0 Å². The standard InChI is InChI=1S/C18H25NO4/c1-18(2,11-13-7-4-5-9-15(13)23-3)17(22)19-10-6-8-14(12-19)16(20)21/h4-5,7,9,14H,6,8,10-12H2,1-3H3,(H,20,21)/t14-/m1/s1. The first-order chi connectivity index (χ1) is 10.8. The van der Waals surface area contributed by atoms with Gasteiger partial charge in [0.1, 0.15) is 5.75 Å². The van der Waals surface area contributed by atoms with E-state index in [1.807, 2.05) is 38.1 Å². The Morgan fingerprint density at radius 3 is 2.70 bits per heavy atom. The van der Waals surface area contributed by atoms with Gasteiger partial charge in [-0.1, -0.05) is 32.0 Å². The highest BCUT2D eigenvalue weighted by atomic mass is 16.5. The van der Waals surface area contributed by atoms with E-state index in [0.717, 1.165) is 17.7 Å².